The Bertz CT molecular complexity index is 1220. The van der Waals surface area contributed by atoms with E-state index in [2.05, 4.69) is 24.9 Å². The molecule has 1 aliphatic carbocycles. The molecule has 34 heavy (non-hydrogen) atoms. The average Bonchev–Trinajstić information content (AvgIpc) is 3.65. The van der Waals surface area contributed by atoms with Crippen LogP contribution in [0, 0.1) is 0 Å². The number of carbonyl (C=O) groups is 3. The lowest BCUT2D eigenvalue weighted by atomic mass is 10.2. The van der Waals surface area contributed by atoms with E-state index in [0.717, 1.165) is 5.56 Å². The number of carbonyl (C=O) groups excluding carboxylic acids is 3. The van der Waals surface area contributed by atoms with Crippen molar-refractivity contribution in [1.82, 2.24) is 20.6 Å². The number of hydrogen-bond acceptors (Lipinski definition) is 7. The number of rotatable bonds is 8. The van der Waals surface area contributed by atoms with Gasteiger partial charge in [-0.15, -0.1) is 0 Å². The summed E-state index contributed by atoms with van der Waals surface area (Å²) in [6.07, 6.45) is 5.24. The van der Waals surface area contributed by atoms with E-state index in [9.17, 15) is 14.4 Å². The second-order valence-corrected chi connectivity index (χ2v) is 8.16. The molecule has 2 aromatic carbocycles. The number of amides is 2. The van der Waals surface area contributed by atoms with E-state index in [1.807, 2.05) is 0 Å². The lowest BCUT2D eigenvalue weighted by Crippen LogP contribution is -2.48. The third-order valence-corrected chi connectivity index (χ3v) is 5.65. The number of halogens is 2. The zero-order valence-corrected chi connectivity index (χ0v) is 19.1. The van der Waals surface area contributed by atoms with Gasteiger partial charge in [0.2, 0.25) is 5.91 Å². The average molecular weight is 501 g/mol. The van der Waals surface area contributed by atoms with Gasteiger partial charge in [-0.3, -0.25) is 9.59 Å². The number of nitrogens with one attached hydrogen (secondary N) is 2. The zero-order valence-electron chi connectivity index (χ0n) is 17.6. The predicted molar refractivity (Wildman–Crippen MR) is 123 cm³/mol. The Kier molecular flexibility index (Phi) is 6.95. The van der Waals surface area contributed by atoms with Gasteiger partial charge >= 0.3 is 5.97 Å². The van der Waals surface area contributed by atoms with Crippen molar-refractivity contribution in [2.75, 3.05) is 0 Å². The molecular weight excluding hydrogens is 483 g/mol. The first kappa shape index (κ1) is 23.5. The Labute approximate surface area is 204 Å². The van der Waals surface area contributed by atoms with Gasteiger partial charge in [0.05, 0.1) is 16.1 Å². The van der Waals surface area contributed by atoms with Crippen molar-refractivity contribution >= 4 is 41.3 Å². The molecule has 11 heteroatoms. The maximum absolute atomic E-state index is 12.7. The minimum Gasteiger partial charge on any atom is -0.456 e. The SMILES string of the molecule is O=C(NC1(C(=O)NCc2ccc(Oc3cc(C(=O)OCl)ccc3Cl)cc2)CC1)c1cncnc1. The van der Waals surface area contributed by atoms with Gasteiger partial charge in [0, 0.05) is 18.9 Å². The van der Waals surface area contributed by atoms with Crippen molar-refractivity contribution < 1.29 is 23.4 Å². The van der Waals surface area contributed by atoms with Crippen LogP contribution in [0.4, 0.5) is 0 Å². The van der Waals surface area contributed by atoms with Crippen molar-refractivity contribution in [3.8, 4) is 11.5 Å². The second-order valence-electron chi connectivity index (χ2n) is 7.60. The summed E-state index contributed by atoms with van der Waals surface area (Å²) in [6, 6.07) is 11.4. The fraction of sp³-hybridized carbons (Fsp3) is 0.174. The molecule has 1 aromatic heterocycles. The van der Waals surface area contributed by atoms with Gasteiger partial charge in [-0.05, 0) is 48.7 Å². The molecule has 0 aliphatic heterocycles. The summed E-state index contributed by atoms with van der Waals surface area (Å²) in [7, 11) is 0. The number of hydrogen-bond donors (Lipinski definition) is 2. The van der Waals surface area contributed by atoms with E-state index in [1.165, 1.54) is 36.9 Å². The zero-order chi connectivity index (χ0) is 24.1. The van der Waals surface area contributed by atoms with Crippen LogP contribution < -0.4 is 15.4 Å². The fourth-order valence-electron chi connectivity index (χ4n) is 3.15. The molecule has 0 bridgehead atoms. The quantitative estimate of drug-likeness (QED) is 0.482. The standard InChI is InChI=1S/C23H18Cl2N4O5/c24-18-6-3-15(21(31)34-25)9-19(18)33-17-4-1-14(2-5-17)10-28-22(32)23(7-8-23)29-20(30)16-11-26-13-27-12-16/h1-6,9,11-13H,7-8,10H2,(H,28,32)(H,29,30). The Morgan fingerprint density at radius 1 is 1.00 bits per heavy atom. The molecule has 1 heterocycles. The first-order chi connectivity index (χ1) is 16.4. The molecule has 0 saturated heterocycles. The Morgan fingerprint density at radius 3 is 2.35 bits per heavy atom. The number of ether oxygens (including phenoxy) is 1. The summed E-state index contributed by atoms with van der Waals surface area (Å²) in [5.41, 5.74) is 0.392. The van der Waals surface area contributed by atoms with Gasteiger partial charge in [-0.25, -0.2) is 14.8 Å². The summed E-state index contributed by atoms with van der Waals surface area (Å²) < 4.78 is 9.93. The molecule has 174 valence electrons. The summed E-state index contributed by atoms with van der Waals surface area (Å²) >= 11 is 11.3. The maximum Gasteiger partial charge on any atom is 0.356 e. The predicted octanol–water partition coefficient (Wildman–Crippen LogP) is 3.81. The Balaban J connectivity index is 1.33. The monoisotopic (exact) mass is 500 g/mol. The highest BCUT2D eigenvalue weighted by Gasteiger charge is 2.51. The molecule has 2 amide bonds. The molecule has 0 atom stereocenters. The molecule has 4 rings (SSSR count). The van der Waals surface area contributed by atoms with Gasteiger partial charge < -0.3 is 19.7 Å². The van der Waals surface area contributed by atoms with Crippen LogP contribution in [-0.4, -0.2) is 33.3 Å². The molecule has 9 nitrogen and oxygen atoms in total. The number of aromatic nitrogens is 2. The molecule has 1 aliphatic rings. The van der Waals surface area contributed by atoms with Crippen molar-refractivity contribution in [2.24, 2.45) is 0 Å². The third-order valence-electron chi connectivity index (χ3n) is 5.20. The molecule has 0 radical (unpaired) electrons. The van der Waals surface area contributed by atoms with Crippen molar-refractivity contribution in [1.29, 1.82) is 0 Å². The summed E-state index contributed by atoms with van der Waals surface area (Å²) in [4.78, 5) is 44.2. The van der Waals surface area contributed by atoms with Crippen LogP contribution in [-0.2, 0) is 15.6 Å². The largest absolute Gasteiger partial charge is 0.456 e. The van der Waals surface area contributed by atoms with Gasteiger partial charge in [-0.2, -0.15) is 0 Å². The van der Waals surface area contributed by atoms with Gasteiger partial charge in [-0.1, -0.05) is 23.7 Å². The highest BCUT2D eigenvalue weighted by atomic mass is 35.5. The van der Waals surface area contributed by atoms with Crippen molar-refractivity contribution in [2.45, 2.75) is 24.9 Å². The van der Waals surface area contributed by atoms with Crippen LogP contribution in [0.5, 0.6) is 11.5 Å². The molecule has 0 spiro atoms. The van der Waals surface area contributed by atoms with Gasteiger partial charge in [0.1, 0.15) is 35.2 Å². The summed E-state index contributed by atoms with van der Waals surface area (Å²) in [6.45, 7) is 0.267. The minimum absolute atomic E-state index is 0.189. The van der Waals surface area contributed by atoms with E-state index in [0.29, 0.717) is 29.2 Å². The van der Waals surface area contributed by atoms with Gasteiger partial charge in [0.25, 0.3) is 5.91 Å². The van der Waals surface area contributed by atoms with Crippen LogP contribution in [0.3, 0.4) is 0 Å². The molecule has 1 fully saturated rings. The normalized spacial score (nSPS) is 13.5. The molecule has 2 N–H and O–H groups in total. The first-order valence-electron chi connectivity index (χ1n) is 10.2. The van der Waals surface area contributed by atoms with Crippen LogP contribution in [0.2, 0.25) is 5.02 Å². The first-order valence-corrected chi connectivity index (χ1v) is 10.8. The van der Waals surface area contributed by atoms with Crippen molar-refractivity contribution in [3.05, 3.63) is 82.9 Å². The number of nitrogens with zero attached hydrogens (tertiary/aromatic N) is 2. The highest BCUT2D eigenvalue weighted by Crippen LogP contribution is 2.36. The van der Waals surface area contributed by atoms with Crippen molar-refractivity contribution in [3.63, 3.8) is 0 Å². The smallest absolute Gasteiger partial charge is 0.356 e. The Hall–Kier alpha value is -3.69. The lowest BCUT2D eigenvalue weighted by Gasteiger charge is -2.17. The van der Waals surface area contributed by atoms with E-state index in [-0.39, 0.29) is 23.8 Å². The van der Waals surface area contributed by atoms with Gasteiger partial charge in [0.15, 0.2) is 0 Å². The van der Waals surface area contributed by atoms with Crippen LogP contribution in [0.1, 0.15) is 39.1 Å². The third kappa shape index (κ3) is 5.44. The van der Waals surface area contributed by atoms with E-state index in [4.69, 9.17) is 28.2 Å². The second kappa shape index (κ2) is 10.1. The van der Waals surface area contributed by atoms with Crippen LogP contribution in [0.25, 0.3) is 0 Å². The lowest BCUT2D eigenvalue weighted by molar-refractivity contribution is -0.124. The van der Waals surface area contributed by atoms with Crippen LogP contribution >= 0.6 is 23.5 Å². The van der Waals surface area contributed by atoms with E-state index >= 15 is 0 Å². The molecular formula is C23H18Cl2N4O5. The highest BCUT2D eigenvalue weighted by molar-refractivity contribution is 6.32. The van der Waals surface area contributed by atoms with E-state index < -0.39 is 17.4 Å². The fourth-order valence-corrected chi connectivity index (χ4v) is 3.39. The topological polar surface area (TPSA) is 120 Å². The summed E-state index contributed by atoms with van der Waals surface area (Å²) in [5.74, 6) is -0.637. The van der Waals surface area contributed by atoms with Crippen LogP contribution in [0.15, 0.2) is 61.2 Å². The number of benzene rings is 2. The molecule has 3 aromatic rings. The van der Waals surface area contributed by atoms with E-state index in [1.54, 1.807) is 24.3 Å². The summed E-state index contributed by atoms with van der Waals surface area (Å²) in [5, 5.41) is 5.93. The molecule has 1 saturated carbocycles. The minimum atomic E-state index is -0.915. The Morgan fingerprint density at radius 2 is 1.71 bits per heavy atom. The maximum atomic E-state index is 12.7. The molecule has 0 unspecified atom stereocenters.